The average molecular weight is 925 g/mol. The van der Waals surface area contributed by atoms with Gasteiger partial charge in [0.05, 0.1) is 46.8 Å². The van der Waals surface area contributed by atoms with Crippen LogP contribution in [0.5, 0.6) is 0 Å². The van der Waals surface area contributed by atoms with Crippen LogP contribution >= 0.6 is 37.9 Å². The molecule has 8 rings (SSSR count). The van der Waals surface area contributed by atoms with E-state index in [-0.39, 0.29) is 26.4 Å². The maximum absolute atomic E-state index is 14.8. The van der Waals surface area contributed by atoms with E-state index in [0.717, 1.165) is 64.8 Å². The lowest BCUT2D eigenvalue weighted by Crippen LogP contribution is -2.11. The quantitative estimate of drug-likeness (QED) is 0.0742. The maximum atomic E-state index is 14.8. The maximum Gasteiger partial charge on any atom is 0.362 e. The smallest absolute Gasteiger partial charge is 0.311 e. The molecule has 8 aromatic rings. The fourth-order valence-corrected chi connectivity index (χ4v) is 14.3. The summed E-state index contributed by atoms with van der Waals surface area (Å²) >= 11 is 2.99. The number of rotatable bonds is 19. The third-order valence-corrected chi connectivity index (χ3v) is 17.4. The summed E-state index contributed by atoms with van der Waals surface area (Å²) in [5.74, 6) is 0. The first kappa shape index (κ1) is 45.2. The van der Waals surface area contributed by atoms with Crippen molar-refractivity contribution in [3.63, 3.8) is 0 Å². The molecule has 2 aromatic heterocycles. The predicted octanol–water partition coefficient (Wildman–Crippen LogP) is 15.5. The minimum absolute atomic E-state index is 0.200. The summed E-state index contributed by atoms with van der Waals surface area (Å²) in [5, 5.41) is 0.958. The van der Waals surface area contributed by atoms with Gasteiger partial charge in [-0.25, -0.2) is 0 Å². The van der Waals surface area contributed by atoms with Gasteiger partial charge in [0, 0.05) is 43.9 Å². The Balaban J connectivity index is 1.24. The number of para-hydroxylation sites is 4. The van der Waals surface area contributed by atoms with Crippen molar-refractivity contribution < 1.29 is 27.2 Å². The molecule has 0 aliphatic carbocycles. The van der Waals surface area contributed by atoms with Crippen molar-refractivity contribution in [2.45, 2.75) is 27.7 Å². The van der Waals surface area contributed by atoms with E-state index in [1.54, 1.807) is 0 Å². The van der Waals surface area contributed by atoms with E-state index in [1.807, 2.05) is 113 Å². The summed E-state index contributed by atoms with van der Waals surface area (Å²) in [6, 6.07) is 61.3. The first-order chi connectivity index (χ1) is 31.3. The molecule has 6 aromatic carbocycles. The van der Waals surface area contributed by atoms with E-state index in [2.05, 4.69) is 107 Å². The molecule has 0 fully saturated rings. The van der Waals surface area contributed by atoms with Crippen molar-refractivity contribution in [2.24, 2.45) is 0 Å². The standard InChI is InChI=1S/C52H50N2O6P2S2/c1-5-57-61(55,58-6-2)47-37-49(63-51(47)39-29-33-45(34-30-39)53(41-21-13-9-14-22-41)42-23-15-10-16-24-42)50-38-48(62(56,59-7-3)60-8-4)52(64-50)40-31-35-46(36-32-40)54(43-25-17-11-18-26-43)44-27-19-12-20-28-44/h9-38H,5-8H2,1-4H3. The zero-order valence-electron chi connectivity index (χ0n) is 36.2. The SMILES string of the molecule is CCOP(=O)(OCC)c1cc(-c2cc(P(=O)(OCC)OCC)c(-c3ccc(N(c4ccccc4)c4ccccc4)cc3)s2)sc1-c1ccc(N(c2ccccc2)c2ccccc2)cc1. The number of hydrogen-bond acceptors (Lipinski definition) is 10. The highest BCUT2D eigenvalue weighted by molar-refractivity contribution is 7.64. The molecule has 0 N–H and O–H groups in total. The minimum Gasteiger partial charge on any atom is -0.311 e. The van der Waals surface area contributed by atoms with Crippen LogP contribution in [0, 0.1) is 0 Å². The molecule has 0 aliphatic rings. The van der Waals surface area contributed by atoms with Crippen LogP contribution < -0.4 is 20.4 Å². The van der Waals surface area contributed by atoms with E-state index < -0.39 is 15.2 Å². The molecule has 2 heterocycles. The molecule has 326 valence electrons. The van der Waals surface area contributed by atoms with Crippen molar-refractivity contribution in [1.29, 1.82) is 0 Å². The molecule has 0 spiro atoms. The van der Waals surface area contributed by atoms with E-state index >= 15 is 0 Å². The molecular weight excluding hydrogens is 875 g/mol. The van der Waals surface area contributed by atoms with Crippen molar-refractivity contribution in [3.05, 3.63) is 182 Å². The minimum atomic E-state index is -3.79. The van der Waals surface area contributed by atoms with E-state index in [0.29, 0.717) is 10.6 Å². The summed E-state index contributed by atoms with van der Waals surface area (Å²) < 4.78 is 53.6. The fourth-order valence-electron chi connectivity index (χ4n) is 7.59. The van der Waals surface area contributed by atoms with Crippen LogP contribution in [0.3, 0.4) is 0 Å². The van der Waals surface area contributed by atoms with Gasteiger partial charge in [-0.15, -0.1) is 22.7 Å². The monoisotopic (exact) mass is 924 g/mol. The van der Waals surface area contributed by atoms with Crippen LogP contribution in [0.2, 0.25) is 0 Å². The number of benzene rings is 6. The van der Waals surface area contributed by atoms with E-state index in [9.17, 15) is 9.13 Å². The molecule has 12 heteroatoms. The van der Waals surface area contributed by atoms with Crippen molar-refractivity contribution in [2.75, 3.05) is 36.2 Å². The molecule has 0 unspecified atom stereocenters. The molecule has 0 atom stereocenters. The van der Waals surface area contributed by atoms with Crippen LogP contribution in [-0.4, -0.2) is 26.4 Å². The Morgan fingerprint density at radius 3 is 0.875 bits per heavy atom. The number of nitrogens with zero attached hydrogens (tertiary/aromatic N) is 2. The van der Waals surface area contributed by atoms with E-state index in [1.165, 1.54) is 22.7 Å². The second kappa shape index (κ2) is 20.6. The number of hydrogen-bond donors (Lipinski definition) is 0. The lowest BCUT2D eigenvalue weighted by Gasteiger charge is -2.25. The van der Waals surface area contributed by atoms with Gasteiger partial charge in [-0.05, 0) is 124 Å². The fraction of sp³-hybridized carbons (Fsp3) is 0.154. The average Bonchev–Trinajstić information content (AvgIpc) is 3.99. The Labute approximate surface area is 384 Å². The van der Waals surface area contributed by atoms with Crippen LogP contribution in [-0.2, 0) is 27.2 Å². The predicted molar refractivity (Wildman–Crippen MR) is 269 cm³/mol. The van der Waals surface area contributed by atoms with Crippen LogP contribution in [0.4, 0.5) is 34.1 Å². The lowest BCUT2D eigenvalue weighted by molar-refractivity contribution is 0.229. The molecule has 0 saturated carbocycles. The largest absolute Gasteiger partial charge is 0.362 e. The molecule has 0 amide bonds. The molecular formula is C52H50N2O6P2S2. The molecule has 0 bridgehead atoms. The Kier molecular flexibility index (Phi) is 14.6. The lowest BCUT2D eigenvalue weighted by atomic mass is 10.1. The zero-order chi connectivity index (χ0) is 44.5. The Morgan fingerprint density at radius 1 is 0.375 bits per heavy atom. The topological polar surface area (TPSA) is 77.5 Å². The van der Waals surface area contributed by atoms with Crippen molar-refractivity contribution in [1.82, 2.24) is 0 Å². The molecule has 0 radical (unpaired) electrons. The summed E-state index contributed by atoms with van der Waals surface area (Å²) in [6.07, 6.45) is 0. The summed E-state index contributed by atoms with van der Waals surface area (Å²) in [5.41, 5.74) is 7.76. The molecule has 0 aliphatic heterocycles. The second-order valence-corrected chi connectivity index (χ2v) is 20.5. The second-order valence-electron chi connectivity index (χ2n) is 14.4. The van der Waals surface area contributed by atoms with Gasteiger partial charge >= 0.3 is 15.2 Å². The van der Waals surface area contributed by atoms with Crippen molar-refractivity contribution in [3.8, 4) is 30.6 Å². The number of thiophene rings is 2. The van der Waals surface area contributed by atoms with Gasteiger partial charge in [-0.2, -0.15) is 0 Å². The molecule has 64 heavy (non-hydrogen) atoms. The van der Waals surface area contributed by atoms with Gasteiger partial charge in [0.2, 0.25) is 0 Å². The Hall–Kier alpha value is -5.38. The van der Waals surface area contributed by atoms with Gasteiger partial charge < -0.3 is 27.9 Å². The number of anilines is 6. The molecule has 8 nitrogen and oxygen atoms in total. The van der Waals surface area contributed by atoms with Gasteiger partial charge in [-0.1, -0.05) is 97.1 Å². The third kappa shape index (κ3) is 9.67. The van der Waals surface area contributed by atoms with Gasteiger partial charge in [-0.3, -0.25) is 9.13 Å². The first-order valence-electron chi connectivity index (χ1n) is 21.4. The normalized spacial score (nSPS) is 11.8. The van der Waals surface area contributed by atoms with Gasteiger partial charge in [0.25, 0.3) is 0 Å². The summed E-state index contributed by atoms with van der Waals surface area (Å²) in [6.45, 7) is 8.06. The van der Waals surface area contributed by atoms with E-state index in [4.69, 9.17) is 18.1 Å². The first-order valence-corrected chi connectivity index (χ1v) is 26.1. The Bertz CT molecular complexity index is 2540. The summed E-state index contributed by atoms with van der Waals surface area (Å²) in [7, 11) is -7.58. The highest BCUT2D eigenvalue weighted by Crippen LogP contribution is 2.56. The molecule has 0 saturated heterocycles. The Morgan fingerprint density at radius 2 is 0.625 bits per heavy atom. The van der Waals surface area contributed by atoms with Gasteiger partial charge in [0.1, 0.15) is 0 Å². The van der Waals surface area contributed by atoms with Crippen LogP contribution in [0.1, 0.15) is 27.7 Å². The highest BCUT2D eigenvalue weighted by Gasteiger charge is 2.36. The summed E-state index contributed by atoms with van der Waals surface area (Å²) in [4.78, 5) is 7.56. The van der Waals surface area contributed by atoms with Crippen LogP contribution in [0.25, 0.3) is 30.6 Å². The van der Waals surface area contributed by atoms with Crippen molar-refractivity contribution >= 4 is 82.6 Å². The van der Waals surface area contributed by atoms with Crippen LogP contribution in [0.15, 0.2) is 182 Å². The third-order valence-electron chi connectivity index (χ3n) is 10.3. The van der Waals surface area contributed by atoms with Gasteiger partial charge in [0.15, 0.2) is 0 Å². The zero-order valence-corrected chi connectivity index (χ0v) is 39.6. The highest BCUT2D eigenvalue weighted by atomic mass is 32.1.